The molecule has 0 saturated heterocycles. The molecular formula is C42H53N9O5S2. The lowest BCUT2D eigenvalue weighted by Gasteiger charge is -2.29. The van der Waals surface area contributed by atoms with E-state index in [-0.39, 0.29) is 37.9 Å². The summed E-state index contributed by atoms with van der Waals surface area (Å²) < 4.78 is 13.8. The van der Waals surface area contributed by atoms with Gasteiger partial charge in [0, 0.05) is 62.5 Å². The summed E-state index contributed by atoms with van der Waals surface area (Å²) in [7, 11) is 1.69. The average molecular weight is 828 g/mol. The van der Waals surface area contributed by atoms with Crippen LogP contribution in [0.5, 0.6) is 0 Å². The molecule has 0 aliphatic carbocycles. The Kier molecular flexibility index (Phi) is 15.8. The van der Waals surface area contributed by atoms with Crippen LogP contribution >= 0.6 is 22.7 Å². The van der Waals surface area contributed by atoms with Gasteiger partial charge in [-0.15, -0.1) is 22.7 Å². The molecule has 3 atom stereocenters. The number of fused-ring (bicyclic) bond motifs is 1. The number of rotatable bonds is 20. The summed E-state index contributed by atoms with van der Waals surface area (Å²) in [5.41, 5.74) is 5.71. The maximum absolute atomic E-state index is 14.3. The minimum Gasteiger partial charge on any atom is -0.444 e. The summed E-state index contributed by atoms with van der Waals surface area (Å²) in [5.74, 6) is -0.0634. The largest absolute Gasteiger partial charge is 0.444 e. The van der Waals surface area contributed by atoms with Crippen molar-refractivity contribution in [1.29, 1.82) is 0 Å². The predicted molar refractivity (Wildman–Crippen MR) is 224 cm³/mol. The van der Waals surface area contributed by atoms with Crippen molar-refractivity contribution in [2.75, 3.05) is 26.9 Å². The van der Waals surface area contributed by atoms with Gasteiger partial charge in [-0.1, -0.05) is 74.5 Å². The zero-order valence-electron chi connectivity index (χ0n) is 33.3. The van der Waals surface area contributed by atoms with Crippen molar-refractivity contribution in [3.05, 3.63) is 123 Å². The normalized spacial score (nSPS) is 14.3. The van der Waals surface area contributed by atoms with Crippen LogP contribution < -0.4 is 16.0 Å². The van der Waals surface area contributed by atoms with Crippen LogP contribution in [0.15, 0.2) is 90.3 Å². The molecule has 0 radical (unpaired) electrons. The van der Waals surface area contributed by atoms with Crippen LogP contribution in [-0.4, -0.2) is 92.4 Å². The van der Waals surface area contributed by atoms with Gasteiger partial charge >= 0.3 is 12.1 Å². The highest BCUT2D eigenvalue weighted by Gasteiger charge is 2.27. The number of ether oxygens (including phenoxy) is 2. The third-order valence-electron chi connectivity index (χ3n) is 9.83. The minimum atomic E-state index is -0.981. The topological polar surface area (TPSA) is 156 Å². The monoisotopic (exact) mass is 827 g/mol. The van der Waals surface area contributed by atoms with E-state index in [1.54, 1.807) is 30.1 Å². The number of nitrogens with one attached hydrogen (secondary N) is 3. The number of hydrogen-bond donors (Lipinski definition) is 3. The molecule has 0 saturated carbocycles. The van der Waals surface area contributed by atoms with Crippen LogP contribution in [0.3, 0.4) is 0 Å². The van der Waals surface area contributed by atoms with E-state index in [4.69, 9.17) is 9.47 Å². The maximum Gasteiger partial charge on any atom is 0.407 e. The second-order valence-electron chi connectivity index (χ2n) is 14.9. The van der Waals surface area contributed by atoms with Crippen LogP contribution in [0, 0.1) is 0 Å². The van der Waals surface area contributed by atoms with Crippen molar-refractivity contribution >= 4 is 40.7 Å². The standard InChI is InChI=1S/C42H53N9O5S2/c1-30(2)40-46-35(26-57-40)22-49(3)41(53)48-38(25-55-29-50-16-17-51-27-43-20-36(51)23-50)39(52)45-33(18-31-10-6-4-7-11-31)14-15-34(19-32-12-8-5-9-13-32)47-42(54)56-24-37-21-44-28-58-37/h4-13,20-21,26-28,30,33-34,38H,14-19,22-25,29H2,1-3H3,(H,45,52)(H,47,54)(H,48,53). The fraction of sp³-hybridized carbons (Fsp3) is 0.429. The number of carbonyl (C=O) groups excluding carboxylic acids is 3. The molecule has 3 N–H and O–H groups in total. The van der Waals surface area contributed by atoms with E-state index in [1.807, 2.05) is 78.6 Å². The van der Waals surface area contributed by atoms with Gasteiger partial charge in [-0.05, 0) is 36.8 Å². The Bertz CT molecular complexity index is 2010. The van der Waals surface area contributed by atoms with Gasteiger partial charge in [0.2, 0.25) is 5.91 Å². The SMILES string of the molecule is CC(C)c1nc(CN(C)C(=O)NC(COCN2CCn3cncc3C2)C(=O)NC(CCC(Cc2ccccc2)NC(=O)OCc2cncs2)Cc2ccccc2)cs1. The predicted octanol–water partition coefficient (Wildman–Crippen LogP) is 5.96. The molecule has 1 aliphatic rings. The van der Waals surface area contributed by atoms with Gasteiger partial charge < -0.3 is 34.9 Å². The third kappa shape index (κ3) is 13.2. The van der Waals surface area contributed by atoms with Crippen molar-refractivity contribution < 1.29 is 23.9 Å². The first-order valence-electron chi connectivity index (χ1n) is 19.6. The summed E-state index contributed by atoms with van der Waals surface area (Å²) in [6.07, 6.45) is 7.07. The van der Waals surface area contributed by atoms with E-state index >= 15 is 0 Å². The summed E-state index contributed by atoms with van der Waals surface area (Å²) in [6.45, 7) is 7.11. The number of urea groups is 1. The number of nitrogens with zero attached hydrogens (tertiary/aromatic N) is 6. The molecule has 58 heavy (non-hydrogen) atoms. The second kappa shape index (κ2) is 21.6. The Hall–Kier alpha value is -5.16. The van der Waals surface area contributed by atoms with Crippen LogP contribution in [-0.2, 0) is 53.4 Å². The number of carbonyl (C=O) groups is 3. The molecule has 16 heteroatoms. The van der Waals surface area contributed by atoms with Crippen molar-refractivity contribution in [3.8, 4) is 0 Å². The van der Waals surface area contributed by atoms with E-state index in [9.17, 15) is 14.4 Å². The van der Waals surface area contributed by atoms with E-state index < -0.39 is 18.2 Å². The molecule has 6 rings (SSSR count). The number of benzene rings is 2. The summed E-state index contributed by atoms with van der Waals surface area (Å²) in [5, 5.41) is 12.2. The Morgan fingerprint density at radius 2 is 1.59 bits per heavy atom. The number of alkyl carbamates (subject to hydrolysis) is 1. The maximum atomic E-state index is 14.3. The molecule has 2 aromatic carbocycles. The van der Waals surface area contributed by atoms with Gasteiger partial charge in [-0.25, -0.2) is 19.6 Å². The zero-order chi connectivity index (χ0) is 40.7. The smallest absolute Gasteiger partial charge is 0.407 e. The number of amides is 4. The van der Waals surface area contributed by atoms with E-state index in [0.717, 1.165) is 45.5 Å². The first-order valence-corrected chi connectivity index (χ1v) is 21.4. The van der Waals surface area contributed by atoms with Crippen molar-refractivity contribution in [1.82, 2.24) is 45.3 Å². The lowest BCUT2D eigenvalue weighted by Crippen LogP contribution is -2.55. The Morgan fingerprint density at radius 3 is 2.24 bits per heavy atom. The first kappa shape index (κ1) is 42.4. The molecule has 1 aliphatic heterocycles. The fourth-order valence-electron chi connectivity index (χ4n) is 6.68. The number of thiazole rings is 2. The second-order valence-corrected chi connectivity index (χ2v) is 16.7. The van der Waals surface area contributed by atoms with Crippen LogP contribution in [0.25, 0.3) is 0 Å². The molecule has 0 bridgehead atoms. The van der Waals surface area contributed by atoms with E-state index in [1.165, 1.54) is 16.2 Å². The molecule has 5 aromatic rings. The van der Waals surface area contributed by atoms with Crippen LogP contribution in [0.4, 0.5) is 9.59 Å². The quantitative estimate of drug-likeness (QED) is 0.0862. The molecule has 0 fully saturated rings. The number of aromatic nitrogens is 4. The summed E-state index contributed by atoms with van der Waals surface area (Å²) in [4.78, 5) is 58.5. The Labute approximate surface area is 348 Å². The van der Waals surface area contributed by atoms with Crippen molar-refractivity contribution in [3.63, 3.8) is 0 Å². The molecule has 0 spiro atoms. The molecule has 4 amide bonds. The fourth-order valence-corrected chi connectivity index (χ4v) is 8.01. The molecule has 3 unspecified atom stereocenters. The van der Waals surface area contributed by atoms with E-state index in [0.29, 0.717) is 44.7 Å². The molecule has 3 aromatic heterocycles. The van der Waals surface area contributed by atoms with Crippen LogP contribution in [0.1, 0.15) is 65.0 Å². The Morgan fingerprint density at radius 1 is 0.879 bits per heavy atom. The summed E-state index contributed by atoms with van der Waals surface area (Å²) in [6, 6.07) is 17.9. The van der Waals surface area contributed by atoms with Gasteiger partial charge in [0.05, 0.1) is 53.0 Å². The van der Waals surface area contributed by atoms with Gasteiger partial charge in [0.25, 0.3) is 0 Å². The van der Waals surface area contributed by atoms with Gasteiger partial charge in [-0.2, -0.15) is 0 Å². The lowest BCUT2D eigenvalue weighted by molar-refractivity contribution is -0.126. The lowest BCUT2D eigenvalue weighted by atomic mass is 9.96. The highest BCUT2D eigenvalue weighted by Crippen LogP contribution is 2.20. The zero-order valence-corrected chi connectivity index (χ0v) is 34.9. The molecule has 4 heterocycles. The molecule has 14 nitrogen and oxygen atoms in total. The van der Waals surface area contributed by atoms with Gasteiger partial charge in [-0.3, -0.25) is 14.7 Å². The average Bonchev–Trinajstić information content (AvgIpc) is 4.03. The number of hydrogen-bond acceptors (Lipinski definition) is 11. The highest BCUT2D eigenvalue weighted by molar-refractivity contribution is 7.09. The van der Waals surface area contributed by atoms with Gasteiger partial charge in [0.15, 0.2) is 0 Å². The van der Waals surface area contributed by atoms with Crippen LogP contribution in [0.2, 0.25) is 0 Å². The number of imidazole rings is 1. The van der Waals surface area contributed by atoms with Gasteiger partial charge in [0.1, 0.15) is 12.6 Å². The third-order valence-corrected chi connectivity index (χ3v) is 11.8. The van der Waals surface area contributed by atoms with Crippen molar-refractivity contribution in [2.45, 2.75) is 89.8 Å². The van der Waals surface area contributed by atoms with Crippen molar-refractivity contribution in [2.24, 2.45) is 0 Å². The molecule has 308 valence electrons. The van der Waals surface area contributed by atoms with E-state index in [2.05, 4.69) is 54.2 Å². The first-order chi connectivity index (χ1) is 28.2. The highest BCUT2D eigenvalue weighted by atomic mass is 32.1. The summed E-state index contributed by atoms with van der Waals surface area (Å²) >= 11 is 3.00. The Balaban J connectivity index is 1.14. The molecular weight excluding hydrogens is 775 g/mol. The minimum absolute atomic E-state index is 0.0305.